The molecule has 3 nitrogen and oxygen atoms in total. The van der Waals surface area contributed by atoms with Gasteiger partial charge in [-0.15, -0.1) is 0 Å². The first kappa shape index (κ1) is 13.2. The Hall–Kier alpha value is -1.22. The van der Waals surface area contributed by atoms with E-state index >= 15 is 0 Å². The zero-order chi connectivity index (χ0) is 13.0. The number of rotatable bonds is 5. The second kappa shape index (κ2) is 6.10. The van der Waals surface area contributed by atoms with Crippen molar-refractivity contribution >= 4 is 0 Å². The van der Waals surface area contributed by atoms with Crippen LogP contribution in [0, 0.1) is 5.92 Å². The molecule has 0 saturated heterocycles. The summed E-state index contributed by atoms with van der Waals surface area (Å²) in [6.07, 6.45) is 6.71. The topological polar surface area (TPSA) is 52.5 Å². The van der Waals surface area contributed by atoms with Crippen LogP contribution in [0.4, 0.5) is 0 Å². The van der Waals surface area contributed by atoms with Crippen LogP contribution in [0.1, 0.15) is 50.6 Å². The van der Waals surface area contributed by atoms with Gasteiger partial charge in [0.25, 0.3) is 0 Å². The molecule has 0 heterocycles. The average molecular weight is 249 g/mol. The molecule has 1 aliphatic carbocycles. The van der Waals surface area contributed by atoms with Gasteiger partial charge in [-0.3, -0.25) is 0 Å². The first-order chi connectivity index (χ1) is 8.66. The Bertz CT molecular complexity index is 386. The van der Waals surface area contributed by atoms with Gasteiger partial charge in [0.15, 0.2) is 0 Å². The maximum absolute atomic E-state index is 9.77. The molecule has 1 aromatic rings. The fourth-order valence-electron chi connectivity index (χ4n) is 2.80. The fourth-order valence-corrected chi connectivity index (χ4v) is 2.80. The highest BCUT2D eigenvalue weighted by atomic mass is 16.3. The molecular weight excluding hydrogens is 226 g/mol. The van der Waals surface area contributed by atoms with Crippen molar-refractivity contribution in [1.29, 1.82) is 0 Å². The summed E-state index contributed by atoms with van der Waals surface area (Å²) in [6, 6.07) is 4.74. The van der Waals surface area contributed by atoms with E-state index in [9.17, 15) is 10.2 Å². The Kier molecular flexibility index (Phi) is 4.48. The lowest BCUT2D eigenvalue weighted by Gasteiger charge is -2.17. The molecule has 3 N–H and O–H groups in total. The molecule has 0 aliphatic heterocycles. The van der Waals surface area contributed by atoms with Crippen LogP contribution in [0.3, 0.4) is 0 Å². The molecule has 2 rings (SSSR count). The molecule has 1 fully saturated rings. The smallest absolute Gasteiger partial charge is 0.120 e. The largest absolute Gasteiger partial charge is 0.508 e. The van der Waals surface area contributed by atoms with Crippen molar-refractivity contribution in [2.75, 3.05) is 6.54 Å². The van der Waals surface area contributed by atoms with Gasteiger partial charge in [0.2, 0.25) is 0 Å². The Morgan fingerprint density at radius 3 is 2.72 bits per heavy atom. The summed E-state index contributed by atoms with van der Waals surface area (Å²) in [7, 11) is 0. The highest BCUT2D eigenvalue weighted by Gasteiger charge is 2.15. The molecule has 1 aromatic carbocycles. The zero-order valence-corrected chi connectivity index (χ0v) is 11.0. The number of hydrogen-bond donors (Lipinski definition) is 3. The summed E-state index contributed by atoms with van der Waals surface area (Å²) in [6.45, 7) is 2.99. The van der Waals surface area contributed by atoms with Crippen molar-refractivity contribution < 1.29 is 10.2 Å². The van der Waals surface area contributed by atoms with Crippen molar-refractivity contribution in [3.05, 3.63) is 23.8 Å². The lowest BCUT2D eigenvalue weighted by Crippen LogP contribution is -2.21. The number of benzene rings is 1. The zero-order valence-electron chi connectivity index (χ0n) is 11.0. The van der Waals surface area contributed by atoms with Crippen LogP contribution in [-0.2, 0) is 0 Å². The van der Waals surface area contributed by atoms with Gasteiger partial charge in [-0.1, -0.05) is 25.7 Å². The maximum atomic E-state index is 9.77. The summed E-state index contributed by atoms with van der Waals surface area (Å²) in [5, 5.41) is 22.6. The Morgan fingerprint density at radius 2 is 2.00 bits per heavy atom. The summed E-state index contributed by atoms with van der Waals surface area (Å²) in [5.41, 5.74) is 0.765. The van der Waals surface area contributed by atoms with Crippen LogP contribution in [0.2, 0.25) is 0 Å². The van der Waals surface area contributed by atoms with Crippen molar-refractivity contribution in [2.24, 2.45) is 5.92 Å². The predicted octanol–water partition coefficient (Wildman–Crippen LogP) is 3.33. The van der Waals surface area contributed by atoms with Gasteiger partial charge in [-0.05, 0) is 44.0 Å². The third-order valence-electron chi connectivity index (χ3n) is 3.96. The normalized spacial score (nSPS) is 18.1. The van der Waals surface area contributed by atoms with E-state index in [4.69, 9.17) is 0 Å². The van der Waals surface area contributed by atoms with Gasteiger partial charge in [-0.2, -0.15) is 0 Å². The van der Waals surface area contributed by atoms with Gasteiger partial charge in [0.05, 0.1) is 0 Å². The van der Waals surface area contributed by atoms with Gasteiger partial charge in [-0.25, -0.2) is 0 Å². The number of nitrogens with one attached hydrogen (secondary N) is 1. The van der Waals surface area contributed by atoms with Crippen LogP contribution in [0.25, 0.3) is 0 Å². The Morgan fingerprint density at radius 1 is 1.28 bits per heavy atom. The molecule has 0 aromatic heterocycles. The second-order valence-electron chi connectivity index (χ2n) is 5.36. The van der Waals surface area contributed by atoms with E-state index < -0.39 is 0 Å². The number of hydrogen-bond acceptors (Lipinski definition) is 3. The number of phenols is 2. The molecule has 1 aliphatic rings. The molecule has 18 heavy (non-hydrogen) atoms. The quantitative estimate of drug-likeness (QED) is 0.702. The Balaban J connectivity index is 1.83. The van der Waals surface area contributed by atoms with Crippen LogP contribution in [-0.4, -0.2) is 16.8 Å². The average Bonchev–Trinajstić information content (AvgIpc) is 2.85. The minimum Gasteiger partial charge on any atom is -0.508 e. The molecule has 100 valence electrons. The van der Waals surface area contributed by atoms with Gasteiger partial charge < -0.3 is 15.5 Å². The SMILES string of the molecule is CC(NCCC1CCCC1)c1cc(O)ccc1O. The van der Waals surface area contributed by atoms with E-state index in [-0.39, 0.29) is 17.5 Å². The monoisotopic (exact) mass is 249 g/mol. The second-order valence-corrected chi connectivity index (χ2v) is 5.36. The van der Waals surface area contributed by atoms with Crippen LogP contribution >= 0.6 is 0 Å². The van der Waals surface area contributed by atoms with E-state index in [1.54, 1.807) is 12.1 Å². The number of aromatic hydroxyl groups is 2. The molecule has 0 amide bonds. The lowest BCUT2D eigenvalue weighted by atomic mass is 10.0. The standard InChI is InChI=1S/C15H23NO2/c1-11(14-10-13(17)6-7-15(14)18)16-9-8-12-4-2-3-5-12/h6-7,10-12,16-18H,2-5,8-9H2,1H3. The van der Waals surface area contributed by atoms with Crippen LogP contribution in [0.5, 0.6) is 11.5 Å². The third-order valence-corrected chi connectivity index (χ3v) is 3.96. The fraction of sp³-hybridized carbons (Fsp3) is 0.600. The van der Waals surface area contributed by atoms with Crippen molar-refractivity contribution in [1.82, 2.24) is 5.32 Å². The molecule has 0 spiro atoms. The third kappa shape index (κ3) is 3.39. The van der Waals surface area contributed by atoms with E-state index in [0.29, 0.717) is 0 Å². The molecule has 1 unspecified atom stereocenters. The first-order valence-electron chi connectivity index (χ1n) is 6.92. The van der Waals surface area contributed by atoms with Gasteiger partial charge >= 0.3 is 0 Å². The summed E-state index contributed by atoms with van der Waals surface area (Å²) in [5.74, 6) is 1.32. The Labute approximate surface area is 109 Å². The van der Waals surface area contributed by atoms with E-state index in [0.717, 1.165) is 18.0 Å². The number of phenolic OH excluding ortho intramolecular Hbond substituents is 2. The van der Waals surface area contributed by atoms with Crippen molar-refractivity contribution in [2.45, 2.75) is 45.1 Å². The minimum atomic E-state index is 0.0681. The lowest BCUT2D eigenvalue weighted by molar-refractivity contribution is 0.426. The first-order valence-corrected chi connectivity index (χ1v) is 6.92. The predicted molar refractivity (Wildman–Crippen MR) is 72.8 cm³/mol. The van der Waals surface area contributed by atoms with Crippen molar-refractivity contribution in [3.63, 3.8) is 0 Å². The van der Waals surface area contributed by atoms with E-state index in [1.807, 2.05) is 6.92 Å². The molecule has 0 radical (unpaired) electrons. The van der Waals surface area contributed by atoms with E-state index in [1.165, 1.54) is 38.2 Å². The molecular formula is C15H23NO2. The highest BCUT2D eigenvalue weighted by Crippen LogP contribution is 2.29. The molecule has 3 heteroatoms. The van der Waals surface area contributed by atoms with Gasteiger partial charge in [0, 0.05) is 11.6 Å². The maximum Gasteiger partial charge on any atom is 0.120 e. The summed E-state index contributed by atoms with van der Waals surface area (Å²) < 4.78 is 0. The molecule has 0 bridgehead atoms. The molecule has 1 saturated carbocycles. The van der Waals surface area contributed by atoms with Crippen LogP contribution in [0.15, 0.2) is 18.2 Å². The highest BCUT2D eigenvalue weighted by molar-refractivity contribution is 5.40. The van der Waals surface area contributed by atoms with Crippen LogP contribution < -0.4 is 5.32 Å². The van der Waals surface area contributed by atoms with E-state index in [2.05, 4.69) is 5.32 Å². The summed E-state index contributed by atoms with van der Waals surface area (Å²) >= 11 is 0. The van der Waals surface area contributed by atoms with Crippen molar-refractivity contribution in [3.8, 4) is 11.5 Å². The minimum absolute atomic E-state index is 0.0681. The molecule has 1 atom stereocenters. The summed E-state index contributed by atoms with van der Waals surface area (Å²) in [4.78, 5) is 0. The van der Waals surface area contributed by atoms with Gasteiger partial charge in [0.1, 0.15) is 11.5 Å².